The van der Waals surface area contributed by atoms with Crippen molar-refractivity contribution < 1.29 is 19.7 Å². The molecule has 190 valence electrons. The molecule has 2 aromatic rings. The minimum absolute atomic E-state index is 0.106. The number of aliphatic hydroxyl groups excluding tert-OH is 2. The van der Waals surface area contributed by atoms with Crippen molar-refractivity contribution in [2.24, 2.45) is 5.41 Å². The van der Waals surface area contributed by atoms with Gasteiger partial charge in [0.15, 0.2) is 5.82 Å². The molecular weight excluding hydrogens is 442 g/mol. The average molecular weight is 482 g/mol. The highest BCUT2D eigenvalue weighted by atomic mass is 16.5. The molecule has 0 radical (unpaired) electrons. The molecule has 2 heterocycles. The predicted molar refractivity (Wildman–Crippen MR) is 137 cm³/mol. The maximum atomic E-state index is 12.9. The highest BCUT2D eigenvalue weighted by Crippen LogP contribution is 2.46. The number of carbonyl (C=O) groups is 1. The van der Waals surface area contributed by atoms with Crippen molar-refractivity contribution >= 4 is 17.2 Å². The second kappa shape index (κ2) is 9.52. The van der Waals surface area contributed by atoms with Crippen LogP contribution in [0.2, 0.25) is 0 Å². The number of hydrogen-bond acceptors (Lipinski definition) is 5. The smallest absolute Gasteiger partial charge is 0.291 e. The van der Waals surface area contributed by atoms with E-state index in [9.17, 15) is 15.0 Å². The van der Waals surface area contributed by atoms with Gasteiger partial charge in [0.2, 0.25) is 0 Å². The minimum Gasteiger partial charge on any atom is -0.393 e. The molecule has 7 nitrogen and oxygen atoms in total. The minimum atomic E-state index is -0.723. The quantitative estimate of drug-likeness (QED) is 0.466. The Morgan fingerprint density at radius 2 is 1.86 bits per heavy atom. The van der Waals surface area contributed by atoms with Crippen LogP contribution in [-0.2, 0) is 4.74 Å². The highest BCUT2D eigenvalue weighted by molar-refractivity contribution is 6.03. The van der Waals surface area contributed by atoms with Crippen molar-refractivity contribution in [1.82, 2.24) is 9.97 Å². The molecule has 3 atom stereocenters. The number of hydrogen-bond donors (Lipinski definition) is 4. The van der Waals surface area contributed by atoms with Crippen molar-refractivity contribution in [3.05, 3.63) is 53.1 Å². The number of imidazole rings is 1. The number of aromatic amines is 1. The van der Waals surface area contributed by atoms with E-state index in [2.05, 4.69) is 41.3 Å². The number of anilines is 1. The van der Waals surface area contributed by atoms with Gasteiger partial charge < -0.3 is 25.3 Å². The van der Waals surface area contributed by atoms with E-state index in [1.165, 1.54) is 5.57 Å². The second-order valence-corrected chi connectivity index (χ2v) is 11.7. The molecule has 0 saturated carbocycles. The van der Waals surface area contributed by atoms with Gasteiger partial charge in [-0.05, 0) is 87.5 Å². The molecule has 1 fully saturated rings. The summed E-state index contributed by atoms with van der Waals surface area (Å²) in [6.45, 7) is 10.0. The van der Waals surface area contributed by atoms with Crippen LogP contribution in [0.5, 0.6) is 0 Å². The summed E-state index contributed by atoms with van der Waals surface area (Å²) >= 11 is 0. The van der Waals surface area contributed by atoms with Crippen molar-refractivity contribution in [2.75, 3.05) is 18.5 Å². The number of nitrogens with zero attached hydrogens (tertiary/aromatic N) is 1. The Kier molecular flexibility index (Phi) is 6.97. The molecule has 35 heavy (non-hydrogen) atoms. The topological polar surface area (TPSA) is 107 Å². The fraction of sp³-hybridized carbons (Fsp3) is 0.571. The van der Waals surface area contributed by atoms with E-state index in [0.717, 1.165) is 41.8 Å². The molecule has 4 rings (SSSR count). The summed E-state index contributed by atoms with van der Waals surface area (Å²) in [5.74, 6) is 0.128. The second-order valence-electron chi connectivity index (χ2n) is 11.7. The van der Waals surface area contributed by atoms with E-state index in [4.69, 9.17) is 4.74 Å². The van der Waals surface area contributed by atoms with Gasteiger partial charge in [-0.25, -0.2) is 4.98 Å². The van der Waals surface area contributed by atoms with Gasteiger partial charge in [0.1, 0.15) is 0 Å². The third-order valence-corrected chi connectivity index (χ3v) is 7.52. The van der Waals surface area contributed by atoms with E-state index in [-0.39, 0.29) is 36.3 Å². The van der Waals surface area contributed by atoms with Crippen LogP contribution in [0.1, 0.15) is 93.2 Å². The zero-order valence-corrected chi connectivity index (χ0v) is 21.6. The third kappa shape index (κ3) is 5.68. The lowest BCUT2D eigenvalue weighted by molar-refractivity contribution is -0.208. The number of rotatable bonds is 6. The number of aromatic nitrogens is 2. The Bertz CT molecular complexity index is 1100. The van der Waals surface area contributed by atoms with Gasteiger partial charge in [-0.3, -0.25) is 4.79 Å². The molecule has 0 spiro atoms. The molecule has 1 saturated heterocycles. The van der Waals surface area contributed by atoms with Gasteiger partial charge in [-0.2, -0.15) is 0 Å². The van der Waals surface area contributed by atoms with Crippen molar-refractivity contribution in [3.8, 4) is 0 Å². The standard InChI is InChI=1S/C28H39N3O4/c1-18-15-29-24(30-18)25(34)31-23-7-6-20(12-22(23)19-8-10-26(2,3)11-9-19)21-13-27(4,16-32)35-28(5,14-21)17-33/h6-8,12,15,21,32-33H,9-11,13-14,16-17H2,1-5H3,(H,29,30)(H,31,34)/t21?,27-,28+. The van der Waals surface area contributed by atoms with E-state index in [1.54, 1.807) is 6.20 Å². The lowest BCUT2D eigenvalue weighted by Crippen LogP contribution is -2.51. The first-order chi connectivity index (χ1) is 16.4. The number of allylic oxidation sites excluding steroid dienone is 2. The van der Waals surface area contributed by atoms with Gasteiger partial charge in [0.25, 0.3) is 5.91 Å². The van der Waals surface area contributed by atoms with Crippen LogP contribution in [0, 0.1) is 12.3 Å². The van der Waals surface area contributed by atoms with E-state index < -0.39 is 11.2 Å². The number of ether oxygens (including phenoxy) is 1. The Morgan fingerprint density at radius 3 is 2.40 bits per heavy atom. The highest BCUT2D eigenvalue weighted by Gasteiger charge is 2.44. The Morgan fingerprint density at radius 1 is 1.17 bits per heavy atom. The molecule has 1 aliphatic heterocycles. The number of amides is 1. The molecule has 7 heteroatoms. The largest absolute Gasteiger partial charge is 0.393 e. The summed E-state index contributed by atoms with van der Waals surface area (Å²) in [6, 6.07) is 6.20. The van der Waals surface area contributed by atoms with Gasteiger partial charge in [0.05, 0.1) is 24.4 Å². The van der Waals surface area contributed by atoms with E-state index in [1.807, 2.05) is 32.9 Å². The van der Waals surface area contributed by atoms with Crippen LogP contribution in [0.25, 0.3) is 5.57 Å². The number of nitrogens with one attached hydrogen (secondary N) is 2. The molecule has 2 aliphatic rings. The SMILES string of the molecule is Cc1cnc(C(=O)Nc2ccc(C3C[C@](C)(CO)O[C@](C)(CO)C3)cc2C2=CCC(C)(C)CC2)[nH]1. The molecule has 4 N–H and O–H groups in total. The lowest BCUT2D eigenvalue weighted by Gasteiger charge is -2.47. The van der Waals surface area contributed by atoms with Crippen LogP contribution in [0.15, 0.2) is 30.5 Å². The summed E-state index contributed by atoms with van der Waals surface area (Å²) in [5.41, 5.74) is 3.80. The lowest BCUT2D eigenvalue weighted by atomic mass is 9.74. The maximum absolute atomic E-state index is 12.9. The molecular formula is C28H39N3O4. The van der Waals surface area contributed by atoms with Crippen molar-refractivity contribution in [1.29, 1.82) is 0 Å². The average Bonchev–Trinajstić information content (AvgIpc) is 3.25. The molecule has 1 amide bonds. The fourth-order valence-corrected chi connectivity index (χ4v) is 5.44. The summed E-state index contributed by atoms with van der Waals surface area (Å²) in [6.07, 6.45) is 8.26. The maximum Gasteiger partial charge on any atom is 0.291 e. The first-order valence-electron chi connectivity index (χ1n) is 12.5. The third-order valence-electron chi connectivity index (χ3n) is 7.52. The zero-order chi connectivity index (χ0) is 25.4. The van der Waals surface area contributed by atoms with Crippen LogP contribution in [0.3, 0.4) is 0 Å². The van der Waals surface area contributed by atoms with Crippen LogP contribution < -0.4 is 5.32 Å². The van der Waals surface area contributed by atoms with Gasteiger partial charge in [-0.15, -0.1) is 0 Å². The normalized spacial score (nSPS) is 28.4. The molecule has 1 aromatic heterocycles. The zero-order valence-electron chi connectivity index (χ0n) is 21.6. The first-order valence-corrected chi connectivity index (χ1v) is 12.5. The fourth-order valence-electron chi connectivity index (χ4n) is 5.44. The molecule has 1 aromatic carbocycles. The Balaban J connectivity index is 1.71. The van der Waals surface area contributed by atoms with Gasteiger partial charge in [-0.1, -0.05) is 26.0 Å². The predicted octanol–water partition coefficient (Wildman–Crippen LogP) is 4.96. The van der Waals surface area contributed by atoms with Crippen LogP contribution >= 0.6 is 0 Å². The summed E-state index contributed by atoms with van der Waals surface area (Å²) in [5, 5.41) is 23.1. The van der Waals surface area contributed by atoms with Crippen LogP contribution in [-0.4, -0.2) is 50.5 Å². The van der Waals surface area contributed by atoms with Crippen molar-refractivity contribution in [3.63, 3.8) is 0 Å². The monoisotopic (exact) mass is 481 g/mol. The number of benzene rings is 1. The summed E-state index contributed by atoms with van der Waals surface area (Å²) < 4.78 is 6.13. The summed E-state index contributed by atoms with van der Waals surface area (Å²) in [7, 11) is 0. The Hall–Kier alpha value is -2.48. The molecule has 1 aliphatic carbocycles. The van der Waals surface area contributed by atoms with Gasteiger partial charge in [0, 0.05) is 23.1 Å². The number of aryl methyl sites for hydroxylation is 1. The van der Waals surface area contributed by atoms with E-state index in [0.29, 0.717) is 12.8 Å². The summed E-state index contributed by atoms with van der Waals surface area (Å²) in [4.78, 5) is 20.1. The molecule has 0 bridgehead atoms. The van der Waals surface area contributed by atoms with E-state index >= 15 is 0 Å². The number of carbonyl (C=O) groups excluding carboxylic acids is 1. The number of H-pyrrole nitrogens is 1. The Labute approximate surface area is 208 Å². The number of aliphatic hydroxyl groups is 2. The van der Waals surface area contributed by atoms with Crippen molar-refractivity contribution in [2.45, 2.75) is 83.8 Å². The first kappa shape index (κ1) is 25.6. The van der Waals surface area contributed by atoms with Crippen LogP contribution in [0.4, 0.5) is 5.69 Å². The molecule has 1 unspecified atom stereocenters. The van der Waals surface area contributed by atoms with Gasteiger partial charge >= 0.3 is 0 Å².